The Hall–Kier alpha value is -2.78. The van der Waals surface area contributed by atoms with Crippen LogP contribution in [0.15, 0.2) is 24.3 Å². The molecule has 0 aliphatic carbocycles. The number of aromatic nitrogens is 2. The second kappa shape index (κ2) is 8.63. The number of piperidine rings is 1. The molecule has 3 aliphatic rings. The molecule has 0 saturated carbocycles. The molecule has 0 unspecified atom stereocenters. The maximum atomic E-state index is 11.6. The number of hydrogen-bond acceptors (Lipinski definition) is 7. The molecule has 170 valence electrons. The fourth-order valence-corrected chi connectivity index (χ4v) is 5.35. The van der Waals surface area contributed by atoms with Crippen LogP contribution in [-0.4, -0.2) is 71.5 Å². The Morgan fingerprint density at radius 2 is 2.00 bits per heavy atom. The van der Waals surface area contributed by atoms with Gasteiger partial charge in [0.2, 0.25) is 0 Å². The zero-order chi connectivity index (χ0) is 22.2. The van der Waals surface area contributed by atoms with Gasteiger partial charge in [0, 0.05) is 41.9 Å². The monoisotopic (exact) mass is 460 g/mol. The van der Waals surface area contributed by atoms with Crippen LogP contribution in [0.4, 0.5) is 10.6 Å². The van der Waals surface area contributed by atoms with Crippen molar-refractivity contribution in [2.45, 2.75) is 43.8 Å². The average molecular weight is 461 g/mol. The van der Waals surface area contributed by atoms with Gasteiger partial charge in [-0.2, -0.15) is 0 Å². The predicted molar refractivity (Wildman–Crippen MR) is 118 cm³/mol. The van der Waals surface area contributed by atoms with E-state index in [-0.39, 0.29) is 24.9 Å². The van der Waals surface area contributed by atoms with Crippen LogP contribution in [0, 0.1) is 0 Å². The third-order valence-electron chi connectivity index (χ3n) is 6.52. The van der Waals surface area contributed by atoms with Crippen LogP contribution in [0.1, 0.15) is 25.7 Å². The summed E-state index contributed by atoms with van der Waals surface area (Å²) in [6.45, 7) is 1.34. The molecule has 2 saturated heterocycles. The number of methoxy groups -OCH3 is 1. The van der Waals surface area contributed by atoms with Crippen molar-refractivity contribution >= 4 is 23.5 Å². The lowest BCUT2D eigenvalue weighted by atomic mass is 9.96. The third-order valence-corrected chi connectivity index (χ3v) is 6.76. The van der Waals surface area contributed by atoms with Gasteiger partial charge in [-0.15, -0.1) is 10.2 Å². The quantitative estimate of drug-likeness (QED) is 0.675. The van der Waals surface area contributed by atoms with Crippen molar-refractivity contribution in [3.8, 4) is 22.8 Å². The summed E-state index contributed by atoms with van der Waals surface area (Å²) in [6, 6.07) is 7.57. The number of amides is 1. The van der Waals surface area contributed by atoms with Crippen LogP contribution < -0.4 is 14.4 Å². The summed E-state index contributed by atoms with van der Waals surface area (Å²) >= 11 is 6.13. The molecule has 2 fully saturated rings. The van der Waals surface area contributed by atoms with Gasteiger partial charge in [-0.25, -0.2) is 4.79 Å². The van der Waals surface area contributed by atoms with E-state index in [1.54, 1.807) is 24.1 Å². The first-order valence-corrected chi connectivity index (χ1v) is 11.1. The number of rotatable bonds is 5. The van der Waals surface area contributed by atoms with E-state index < -0.39 is 6.09 Å². The number of carbonyl (C=O) groups is 1. The molecule has 0 radical (unpaired) electrons. The van der Waals surface area contributed by atoms with Crippen LogP contribution >= 0.6 is 11.6 Å². The molecule has 2 aromatic rings. The standard InChI is InChI=1S/C22H25ClN4O5/c1-30-12-32-19-8-13(23)2-5-17(19)18-11-20-21(25-24-18)26(6-7-31-20)16-9-14-3-4-15(10-16)27(14)22(28)29/h2,5,8,11,14-16H,3-4,6-7,9-10,12H2,1H3,(H,28,29)/t14-,15+,16-. The van der Waals surface area contributed by atoms with E-state index in [9.17, 15) is 9.90 Å². The molecule has 32 heavy (non-hydrogen) atoms. The minimum Gasteiger partial charge on any atom is -0.488 e. The Balaban J connectivity index is 1.41. The van der Waals surface area contributed by atoms with E-state index in [2.05, 4.69) is 15.1 Å². The maximum absolute atomic E-state index is 11.6. The van der Waals surface area contributed by atoms with E-state index in [1.165, 1.54) is 0 Å². The normalized spacial score (nSPS) is 24.1. The number of halogens is 1. The molecule has 3 atom stereocenters. The summed E-state index contributed by atoms with van der Waals surface area (Å²) in [6.07, 6.45) is 2.65. The topological polar surface area (TPSA) is 97.3 Å². The van der Waals surface area contributed by atoms with Gasteiger partial charge in [0.05, 0.1) is 6.54 Å². The molecule has 9 nitrogen and oxygen atoms in total. The molecule has 1 aromatic carbocycles. The third kappa shape index (κ3) is 3.80. The molecule has 2 bridgehead atoms. The van der Waals surface area contributed by atoms with Gasteiger partial charge in [-0.1, -0.05) is 11.6 Å². The van der Waals surface area contributed by atoms with Gasteiger partial charge < -0.3 is 29.1 Å². The molecule has 1 amide bonds. The smallest absolute Gasteiger partial charge is 0.407 e. The second-order valence-electron chi connectivity index (χ2n) is 8.35. The van der Waals surface area contributed by atoms with Crippen LogP contribution in [-0.2, 0) is 4.74 Å². The number of anilines is 1. The number of ether oxygens (including phenoxy) is 3. The van der Waals surface area contributed by atoms with Crippen molar-refractivity contribution in [3.63, 3.8) is 0 Å². The SMILES string of the molecule is COCOc1cc(Cl)ccc1-c1cc2c(nn1)N([C@@H]1C[C@H]3CC[C@@H](C1)N3C(=O)O)CCO2. The molecule has 4 heterocycles. The van der Waals surface area contributed by atoms with Gasteiger partial charge in [0.15, 0.2) is 18.4 Å². The van der Waals surface area contributed by atoms with Gasteiger partial charge in [-0.3, -0.25) is 0 Å². The molecular formula is C22H25ClN4O5. The van der Waals surface area contributed by atoms with Crippen molar-refractivity contribution in [2.24, 2.45) is 0 Å². The van der Waals surface area contributed by atoms with Gasteiger partial charge in [0.25, 0.3) is 0 Å². The van der Waals surface area contributed by atoms with E-state index in [0.29, 0.717) is 41.2 Å². The fraction of sp³-hybridized carbons (Fsp3) is 0.500. The first-order chi connectivity index (χ1) is 15.5. The first-order valence-electron chi connectivity index (χ1n) is 10.7. The van der Waals surface area contributed by atoms with E-state index >= 15 is 0 Å². The molecule has 5 rings (SSSR count). The largest absolute Gasteiger partial charge is 0.488 e. The Labute approximate surface area is 190 Å². The lowest BCUT2D eigenvalue weighted by molar-refractivity contribution is 0.0515. The molecule has 1 aromatic heterocycles. The Morgan fingerprint density at radius 3 is 2.72 bits per heavy atom. The van der Waals surface area contributed by atoms with E-state index in [1.807, 2.05) is 12.1 Å². The lowest BCUT2D eigenvalue weighted by Crippen LogP contribution is -2.53. The Morgan fingerprint density at radius 1 is 1.22 bits per heavy atom. The summed E-state index contributed by atoms with van der Waals surface area (Å²) in [5.74, 6) is 1.93. The van der Waals surface area contributed by atoms with Crippen LogP contribution in [0.25, 0.3) is 11.3 Å². The van der Waals surface area contributed by atoms with Crippen LogP contribution in [0.5, 0.6) is 11.5 Å². The summed E-state index contributed by atoms with van der Waals surface area (Å²) in [5.41, 5.74) is 1.37. The Kier molecular flexibility index (Phi) is 5.69. The number of fused-ring (bicyclic) bond motifs is 3. The van der Waals surface area contributed by atoms with Crippen LogP contribution in [0.3, 0.4) is 0 Å². The highest BCUT2D eigenvalue weighted by Gasteiger charge is 2.45. The minimum absolute atomic E-state index is 0.0735. The van der Waals surface area contributed by atoms with Crippen LogP contribution in [0.2, 0.25) is 5.02 Å². The minimum atomic E-state index is -0.808. The summed E-state index contributed by atoms with van der Waals surface area (Å²) in [4.78, 5) is 15.5. The average Bonchev–Trinajstić information content (AvgIpc) is 3.07. The Bertz CT molecular complexity index is 1010. The van der Waals surface area contributed by atoms with Crippen molar-refractivity contribution in [1.82, 2.24) is 15.1 Å². The number of nitrogens with zero attached hydrogens (tertiary/aromatic N) is 4. The maximum Gasteiger partial charge on any atom is 0.407 e. The van der Waals surface area contributed by atoms with Crippen molar-refractivity contribution in [1.29, 1.82) is 0 Å². The molecule has 10 heteroatoms. The lowest BCUT2D eigenvalue weighted by Gasteiger charge is -2.43. The van der Waals surface area contributed by atoms with Crippen molar-refractivity contribution < 1.29 is 24.1 Å². The molecule has 3 aliphatic heterocycles. The highest BCUT2D eigenvalue weighted by molar-refractivity contribution is 6.30. The summed E-state index contributed by atoms with van der Waals surface area (Å²) < 4.78 is 16.6. The predicted octanol–water partition coefficient (Wildman–Crippen LogP) is 3.65. The van der Waals surface area contributed by atoms with Gasteiger partial charge in [-0.05, 0) is 43.9 Å². The zero-order valence-corrected chi connectivity index (χ0v) is 18.5. The van der Waals surface area contributed by atoms with E-state index in [0.717, 1.165) is 31.2 Å². The summed E-state index contributed by atoms with van der Waals surface area (Å²) in [5, 5.41) is 19.1. The first kappa shape index (κ1) is 21.1. The summed E-state index contributed by atoms with van der Waals surface area (Å²) in [7, 11) is 1.55. The highest BCUT2D eigenvalue weighted by atomic mass is 35.5. The number of hydrogen-bond donors (Lipinski definition) is 1. The molecular weight excluding hydrogens is 436 g/mol. The number of benzene rings is 1. The fourth-order valence-electron chi connectivity index (χ4n) is 5.19. The highest BCUT2D eigenvalue weighted by Crippen LogP contribution is 2.42. The van der Waals surface area contributed by atoms with Crippen molar-refractivity contribution in [2.75, 3.05) is 32.0 Å². The van der Waals surface area contributed by atoms with E-state index in [4.69, 9.17) is 25.8 Å². The number of carboxylic acid groups (broad SMARTS) is 1. The molecule has 0 spiro atoms. The molecule has 1 N–H and O–H groups in total. The van der Waals surface area contributed by atoms with Crippen molar-refractivity contribution in [3.05, 3.63) is 29.3 Å². The zero-order valence-electron chi connectivity index (χ0n) is 17.7. The second-order valence-corrected chi connectivity index (χ2v) is 8.79. The van der Waals surface area contributed by atoms with Gasteiger partial charge in [0.1, 0.15) is 18.1 Å². The van der Waals surface area contributed by atoms with Gasteiger partial charge >= 0.3 is 6.09 Å².